The van der Waals surface area contributed by atoms with Gasteiger partial charge in [0.1, 0.15) is 17.0 Å². The summed E-state index contributed by atoms with van der Waals surface area (Å²) in [7, 11) is 0. The number of ether oxygens (including phenoxy) is 1. The number of benzene rings is 1. The van der Waals surface area contributed by atoms with Crippen molar-refractivity contribution in [2.75, 3.05) is 13.1 Å². The molecule has 1 aromatic carbocycles. The first-order valence-corrected chi connectivity index (χ1v) is 7.89. The molecule has 1 N–H and O–H groups in total. The normalized spacial score (nSPS) is 17.0. The second kappa shape index (κ2) is 5.82. The van der Waals surface area contributed by atoms with E-state index in [4.69, 9.17) is 16.3 Å². The molecular formula is C17H21ClN2O. The molecule has 3 nitrogen and oxygen atoms in total. The van der Waals surface area contributed by atoms with E-state index in [1.165, 1.54) is 5.56 Å². The third-order valence-corrected chi connectivity index (χ3v) is 4.48. The third kappa shape index (κ3) is 2.85. The van der Waals surface area contributed by atoms with Gasteiger partial charge < -0.3 is 10.1 Å². The van der Waals surface area contributed by atoms with Gasteiger partial charge in [-0.3, -0.25) is 0 Å². The van der Waals surface area contributed by atoms with E-state index in [0.717, 1.165) is 29.6 Å². The molecule has 112 valence electrons. The number of fused-ring (bicyclic) bond motifs is 1. The van der Waals surface area contributed by atoms with Gasteiger partial charge in [0, 0.05) is 30.6 Å². The summed E-state index contributed by atoms with van der Waals surface area (Å²) in [5, 5.41) is 6.00. The van der Waals surface area contributed by atoms with Gasteiger partial charge in [-0.25, -0.2) is 4.98 Å². The van der Waals surface area contributed by atoms with Crippen LogP contribution in [0, 0.1) is 5.92 Å². The maximum atomic E-state index is 6.18. The average Bonchev–Trinajstić information content (AvgIpc) is 2.35. The number of halogens is 1. The minimum Gasteiger partial charge on any atom is -0.490 e. The molecule has 1 aliphatic rings. The molecule has 21 heavy (non-hydrogen) atoms. The molecule has 0 saturated carbocycles. The molecule has 1 unspecified atom stereocenters. The van der Waals surface area contributed by atoms with Crippen LogP contribution in [-0.4, -0.2) is 24.2 Å². The lowest BCUT2D eigenvalue weighted by atomic mass is 9.95. The molecule has 1 aliphatic heterocycles. The van der Waals surface area contributed by atoms with E-state index in [1.54, 1.807) is 0 Å². The summed E-state index contributed by atoms with van der Waals surface area (Å²) in [6.07, 6.45) is 2.03. The van der Waals surface area contributed by atoms with Crippen LogP contribution < -0.4 is 10.1 Å². The molecule has 0 amide bonds. The van der Waals surface area contributed by atoms with Gasteiger partial charge in [-0.1, -0.05) is 31.5 Å². The second-order valence-corrected chi connectivity index (χ2v) is 6.49. The summed E-state index contributed by atoms with van der Waals surface area (Å²) in [5.41, 5.74) is 1.28. The van der Waals surface area contributed by atoms with Crippen molar-refractivity contribution in [3.05, 3.63) is 35.1 Å². The molecule has 0 spiro atoms. The van der Waals surface area contributed by atoms with Crippen LogP contribution in [0.3, 0.4) is 0 Å². The van der Waals surface area contributed by atoms with Crippen molar-refractivity contribution >= 4 is 22.4 Å². The van der Waals surface area contributed by atoms with Crippen molar-refractivity contribution in [3.63, 3.8) is 0 Å². The second-order valence-electron chi connectivity index (χ2n) is 6.10. The van der Waals surface area contributed by atoms with Crippen LogP contribution in [0.2, 0.25) is 5.15 Å². The molecule has 1 fully saturated rings. The highest BCUT2D eigenvalue weighted by Gasteiger charge is 2.25. The predicted octanol–water partition coefficient (Wildman–Crippen LogP) is 4.00. The summed E-state index contributed by atoms with van der Waals surface area (Å²) in [4.78, 5) is 4.23. The fraction of sp³-hybridized carbons (Fsp3) is 0.471. The third-order valence-electron chi connectivity index (χ3n) is 4.27. The Hall–Kier alpha value is -1.32. The van der Waals surface area contributed by atoms with Crippen LogP contribution in [0.1, 0.15) is 32.3 Å². The van der Waals surface area contributed by atoms with Gasteiger partial charge in [-0.15, -0.1) is 0 Å². The average molecular weight is 305 g/mol. The standard InChI is InChI=1S/C17H21ClN2O/c1-10(2)13-4-5-16(21-11(3)12-7-19-8-12)15-9-20-17(18)6-14(13)15/h4-6,9-12,19H,7-8H2,1-3H3. The highest BCUT2D eigenvalue weighted by molar-refractivity contribution is 6.30. The Kier molecular flexibility index (Phi) is 4.05. The van der Waals surface area contributed by atoms with Crippen LogP contribution in [0.4, 0.5) is 0 Å². The van der Waals surface area contributed by atoms with Gasteiger partial charge in [0.2, 0.25) is 0 Å². The van der Waals surface area contributed by atoms with Crippen molar-refractivity contribution in [3.8, 4) is 5.75 Å². The Balaban J connectivity index is 2.01. The Morgan fingerprint density at radius 2 is 2.00 bits per heavy atom. The van der Waals surface area contributed by atoms with Crippen molar-refractivity contribution in [2.45, 2.75) is 32.8 Å². The number of pyridine rings is 1. The molecule has 2 aromatic rings. The number of hydrogen-bond acceptors (Lipinski definition) is 3. The Labute approximate surface area is 130 Å². The molecule has 0 aliphatic carbocycles. The lowest BCUT2D eigenvalue weighted by molar-refractivity contribution is 0.116. The van der Waals surface area contributed by atoms with E-state index in [1.807, 2.05) is 12.3 Å². The summed E-state index contributed by atoms with van der Waals surface area (Å²) < 4.78 is 6.18. The number of nitrogens with zero attached hydrogens (tertiary/aromatic N) is 1. The first kappa shape index (κ1) is 14.6. The summed E-state index contributed by atoms with van der Waals surface area (Å²) in [6, 6.07) is 6.15. The van der Waals surface area contributed by atoms with Gasteiger partial charge in [0.05, 0.1) is 0 Å². The lowest BCUT2D eigenvalue weighted by Crippen LogP contribution is -2.49. The number of rotatable bonds is 4. The maximum Gasteiger partial charge on any atom is 0.129 e. The van der Waals surface area contributed by atoms with Crippen molar-refractivity contribution in [1.29, 1.82) is 0 Å². The quantitative estimate of drug-likeness (QED) is 0.867. The molecule has 1 aromatic heterocycles. The smallest absolute Gasteiger partial charge is 0.129 e. The van der Waals surface area contributed by atoms with E-state index in [9.17, 15) is 0 Å². The molecule has 0 bridgehead atoms. The van der Waals surface area contributed by atoms with E-state index < -0.39 is 0 Å². The summed E-state index contributed by atoms with van der Waals surface area (Å²) in [6.45, 7) is 8.58. The fourth-order valence-corrected chi connectivity index (χ4v) is 2.91. The lowest BCUT2D eigenvalue weighted by Gasteiger charge is -2.33. The van der Waals surface area contributed by atoms with Gasteiger partial charge in [-0.05, 0) is 35.9 Å². The van der Waals surface area contributed by atoms with Gasteiger partial charge >= 0.3 is 0 Å². The molecule has 4 heteroatoms. The van der Waals surface area contributed by atoms with Crippen LogP contribution in [0.5, 0.6) is 5.75 Å². The van der Waals surface area contributed by atoms with Crippen LogP contribution >= 0.6 is 11.6 Å². The minimum absolute atomic E-state index is 0.204. The Bertz CT molecular complexity index is 653. The van der Waals surface area contributed by atoms with E-state index in [2.05, 4.69) is 43.2 Å². The van der Waals surface area contributed by atoms with Crippen molar-refractivity contribution in [1.82, 2.24) is 10.3 Å². The predicted molar refractivity (Wildman–Crippen MR) is 87.3 cm³/mol. The highest BCUT2D eigenvalue weighted by atomic mass is 35.5. The Morgan fingerprint density at radius 3 is 2.62 bits per heavy atom. The van der Waals surface area contributed by atoms with Crippen LogP contribution in [0.15, 0.2) is 24.4 Å². The molecule has 0 radical (unpaired) electrons. The molecule has 2 heterocycles. The molecule has 1 saturated heterocycles. The minimum atomic E-state index is 0.204. The van der Waals surface area contributed by atoms with Gasteiger partial charge in [0.25, 0.3) is 0 Å². The van der Waals surface area contributed by atoms with Crippen LogP contribution in [0.25, 0.3) is 10.8 Å². The van der Waals surface area contributed by atoms with E-state index in [0.29, 0.717) is 17.0 Å². The number of nitrogens with one attached hydrogen (secondary N) is 1. The monoisotopic (exact) mass is 304 g/mol. The topological polar surface area (TPSA) is 34.1 Å². The first-order valence-electron chi connectivity index (χ1n) is 7.51. The zero-order chi connectivity index (χ0) is 15.0. The summed E-state index contributed by atoms with van der Waals surface area (Å²) in [5.74, 6) is 1.93. The van der Waals surface area contributed by atoms with Crippen LogP contribution in [-0.2, 0) is 0 Å². The first-order chi connectivity index (χ1) is 10.1. The van der Waals surface area contributed by atoms with Crippen molar-refractivity contribution < 1.29 is 4.74 Å². The van der Waals surface area contributed by atoms with Gasteiger partial charge in [0.15, 0.2) is 0 Å². The zero-order valence-electron chi connectivity index (χ0n) is 12.7. The zero-order valence-corrected chi connectivity index (χ0v) is 13.4. The molecule has 1 atom stereocenters. The molecular weight excluding hydrogens is 284 g/mol. The van der Waals surface area contributed by atoms with Gasteiger partial charge in [-0.2, -0.15) is 0 Å². The fourth-order valence-electron chi connectivity index (χ4n) is 2.76. The number of hydrogen-bond donors (Lipinski definition) is 1. The maximum absolute atomic E-state index is 6.18. The SMILES string of the molecule is CC(C)c1ccc(OC(C)C2CNC2)c2cnc(Cl)cc12. The highest BCUT2D eigenvalue weighted by Crippen LogP contribution is 2.34. The van der Waals surface area contributed by atoms with E-state index in [-0.39, 0.29) is 6.10 Å². The van der Waals surface area contributed by atoms with E-state index >= 15 is 0 Å². The largest absolute Gasteiger partial charge is 0.490 e. The Morgan fingerprint density at radius 1 is 1.24 bits per heavy atom. The summed E-state index contributed by atoms with van der Waals surface area (Å²) >= 11 is 6.08. The van der Waals surface area contributed by atoms with Crippen molar-refractivity contribution in [2.24, 2.45) is 5.92 Å². The molecule has 3 rings (SSSR count). The number of aromatic nitrogens is 1.